The molecule has 5 aromatic rings. The summed E-state index contributed by atoms with van der Waals surface area (Å²) < 4.78 is 2.15. The summed E-state index contributed by atoms with van der Waals surface area (Å²) in [5, 5.41) is 1.09. The maximum Gasteiger partial charge on any atom is 0.150 e. The molecular formula is C34H36N6O. The molecular weight excluding hydrogens is 508 g/mol. The molecule has 0 spiro atoms. The van der Waals surface area contributed by atoms with Gasteiger partial charge in [0, 0.05) is 53.2 Å². The molecule has 1 saturated carbocycles. The van der Waals surface area contributed by atoms with E-state index in [-0.39, 0.29) is 5.92 Å². The van der Waals surface area contributed by atoms with Crippen LogP contribution in [0.15, 0.2) is 73.1 Å². The van der Waals surface area contributed by atoms with E-state index in [4.69, 9.17) is 15.7 Å². The first kappa shape index (κ1) is 25.8. The molecule has 0 radical (unpaired) electrons. The smallest absolute Gasteiger partial charge is 0.150 e. The number of pyridine rings is 1. The third kappa shape index (κ3) is 4.78. The van der Waals surface area contributed by atoms with Crippen LogP contribution in [0.2, 0.25) is 0 Å². The summed E-state index contributed by atoms with van der Waals surface area (Å²) in [6, 6.07) is 21.3. The van der Waals surface area contributed by atoms with Crippen LogP contribution in [0.4, 0.5) is 5.82 Å². The van der Waals surface area contributed by atoms with Crippen LogP contribution in [0.3, 0.4) is 0 Å². The summed E-state index contributed by atoms with van der Waals surface area (Å²) in [5.41, 5.74) is 12.1. The van der Waals surface area contributed by atoms with Gasteiger partial charge in [-0.25, -0.2) is 15.0 Å². The zero-order chi connectivity index (χ0) is 27.9. The number of likely N-dealkylation sites (tertiary alicyclic amines) is 1. The zero-order valence-electron chi connectivity index (χ0n) is 23.5. The van der Waals surface area contributed by atoms with Crippen molar-refractivity contribution >= 4 is 28.0 Å². The van der Waals surface area contributed by atoms with Crippen molar-refractivity contribution in [3.63, 3.8) is 0 Å². The van der Waals surface area contributed by atoms with Crippen molar-refractivity contribution in [2.45, 2.75) is 57.4 Å². The van der Waals surface area contributed by atoms with Crippen LogP contribution >= 0.6 is 0 Å². The van der Waals surface area contributed by atoms with E-state index in [1.165, 1.54) is 0 Å². The first-order chi connectivity index (χ1) is 20.1. The van der Waals surface area contributed by atoms with Crippen LogP contribution in [0, 0.1) is 5.92 Å². The predicted molar refractivity (Wildman–Crippen MR) is 164 cm³/mol. The van der Waals surface area contributed by atoms with Crippen molar-refractivity contribution in [3.8, 4) is 22.5 Å². The molecule has 208 valence electrons. The molecule has 0 amide bonds. The van der Waals surface area contributed by atoms with Gasteiger partial charge in [0.25, 0.3) is 0 Å². The summed E-state index contributed by atoms with van der Waals surface area (Å²) in [6.07, 6.45) is 9.59. The average Bonchev–Trinajstić information content (AvgIpc) is 3.37. The van der Waals surface area contributed by atoms with Crippen molar-refractivity contribution in [2.75, 3.05) is 18.8 Å². The zero-order valence-corrected chi connectivity index (χ0v) is 23.5. The van der Waals surface area contributed by atoms with E-state index < -0.39 is 0 Å². The van der Waals surface area contributed by atoms with Gasteiger partial charge < -0.3 is 10.6 Å². The number of nitrogens with two attached hydrogens (primary N) is 1. The number of carbonyl (C=O) groups excluding carboxylic acids is 1. The maximum absolute atomic E-state index is 12.4. The number of benzene rings is 2. The molecule has 4 heterocycles. The van der Waals surface area contributed by atoms with E-state index in [1.54, 1.807) is 6.20 Å². The number of nitrogens with zero attached hydrogens (tertiary/aromatic N) is 5. The highest BCUT2D eigenvalue weighted by molar-refractivity contribution is 5.91. The fraction of sp³-hybridized carbons (Fsp3) is 0.353. The topological polar surface area (TPSA) is 89.4 Å². The second kappa shape index (κ2) is 10.7. The molecule has 2 aromatic carbocycles. The van der Waals surface area contributed by atoms with Crippen LogP contribution < -0.4 is 5.73 Å². The Bertz CT molecular complexity index is 1710. The molecule has 2 N–H and O–H groups in total. The quantitative estimate of drug-likeness (QED) is 0.251. The highest BCUT2D eigenvalue weighted by Gasteiger charge is 2.39. The summed E-state index contributed by atoms with van der Waals surface area (Å²) >= 11 is 0. The van der Waals surface area contributed by atoms with Crippen LogP contribution in [-0.4, -0.2) is 49.2 Å². The number of aromatic nitrogens is 4. The second-order valence-corrected chi connectivity index (χ2v) is 11.7. The number of fused-ring (bicyclic) bond motifs is 2. The molecule has 0 unspecified atom stereocenters. The number of Topliss-reactive ketones (excluding diaryl/α,β-unsaturated/α-hetero) is 1. The Morgan fingerprint density at radius 3 is 2.54 bits per heavy atom. The van der Waals surface area contributed by atoms with Gasteiger partial charge in [-0.2, -0.15) is 0 Å². The minimum atomic E-state index is 0.261. The summed E-state index contributed by atoms with van der Waals surface area (Å²) in [7, 11) is 0. The second-order valence-electron chi connectivity index (χ2n) is 11.7. The highest BCUT2D eigenvalue weighted by atomic mass is 16.1. The van der Waals surface area contributed by atoms with Gasteiger partial charge in [0.15, 0.2) is 0 Å². The number of anilines is 1. The Kier molecular flexibility index (Phi) is 6.75. The summed E-state index contributed by atoms with van der Waals surface area (Å²) in [4.78, 5) is 29.6. The Morgan fingerprint density at radius 2 is 1.76 bits per heavy atom. The molecule has 2 fully saturated rings. The Labute approximate surface area is 240 Å². The lowest BCUT2D eigenvalue weighted by atomic mass is 9.77. The first-order valence-electron chi connectivity index (χ1n) is 14.9. The van der Waals surface area contributed by atoms with Gasteiger partial charge in [-0.1, -0.05) is 55.5 Å². The van der Waals surface area contributed by atoms with Crippen molar-refractivity contribution in [2.24, 2.45) is 5.92 Å². The highest BCUT2D eigenvalue weighted by Crippen LogP contribution is 2.43. The van der Waals surface area contributed by atoms with Gasteiger partial charge in [-0.15, -0.1) is 0 Å². The molecule has 2 aliphatic rings. The van der Waals surface area contributed by atoms with E-state index >= 15 is 0 Å². The molecule has 1 aliphatic heterocycles. The first-order valence-corrected chi connectivity index (χ1v) is 14.9. The summed E-state index contributed by atoms with van der Waals surface area (Å²) in [6.45, 7) is 4.14. The van der Waals surface area contributed by atoms with Crippen LogP contribution in [0.5, 0.6) is 0 Å². The molecule has 0 atom stereocenters. The fourth-order valence-electron chi connectivity index (χ4n) is 6.74. The lowest BCUT2D eigenvalue weighted by Gasteiger charge is -2.45. The summed E-state index contributed by atoms with van der Waals surface area (Å²) in [5.74, 6) is 2.63. The van der Waals surface area contributed by atoms with Gasteiger partial charge in [0.05, 0.1) is 11.2 Å². The van der Waals surface area contributed by atoms with Crippen molar-refractivity contribution in [1.29, 1.82) is 0 Å². The number of rotatable bonds is 7. The number of nitrogen functional groups attached to an aromatic ring is 1. The van der Waals surface area contributed by atoms with Crippen LogP contribution in [0.1, 0.15) is 57.2 Å². The van der Waals surface area contributed by atoms with Crippen LogP contribution in [0.25, 0.3) is 38.9 Å². The number of imidazole rings is 1. The largest absolute Gasteiger partial charge is 0.382 e. The number of carbonyl (C=O) groups is 1. The van der Waals surface area contributed by atoms with Gasteiger partial charge in [0.2, 0.25) is 0 Å². The van der Waals surface area contributed by atoms with Gasteiger partial charge in [-0.3, -0.25) is 9.20 Å². The standard InChI is InChI=1S/C34H36N6O/c1-2-6-30(41)24-13-16-39(17-14-24)27-19-26(20-27)34-38-31(32-33(35)36-15-18-40(32)34)25-10-9-23-11-12-28(37-29(23)21-25)22-7-4-3-5-8-22/h3-5,7-12,15,18,21,24,26-27H,2,6,13-14,16-17,19-20H2,1H3,(H2,35,36). The van der Waals surface area contributed by atoms with Gasteiger partial charge >= 0.3 is 0 Å². The SMILES string of the molecule is CCCC(=O)C1CCN(C2CC(c3nc(-c4ccc5ccc(-c6ccccc6)nc5c4)c4c(N)nccn34)C2)CC1. The van der Waals surface area contributed by atoms with Crippen LogP contribution in [-0.2, 0) is 4.79 Å². The Balaban J connectivity index is 1.15. The normalized spacial score (nSPS) is 19.9. The van der Waals surface area contributed by atoms with Gasteiger partial charge in [-0.05, 0) is 57.3 Å². The minimum absolute atomic E-state index is 0.261. The van der Waals surface area contributed by atoms with Gasteiger partial charge in [0.1, 0.15) is 28.6 Å². The van der Waals surface area contributed by atoms with E-state index in [0.29, 0.717) is 23.6 Å². The molecule has 3 aromatic heterocycles. The monoisotopic (exact) mass is 544 g/mol. The molecule has 1 saturated heterocycles. The van der Waals surface area contributed by atoms with Crippen molar-refractivity contribution < 1.29 is 4.79 Å². The number of piperidine rings is 1. The van der Waals surface area contributed by atoms with Crippen molar-refractivity contribution in [3.05, 3.63) is 78.9 Å². The molecule has 1 aliphatic carbocycles. The minimum Gasteiger partial charge on any atom is -0.382 e. The van der Waals surface area contributed by atoms with E-state index in [1.807, 2.05) is 24.4 Å². The molecule has 0 bridgehead atoms. The molecule has 7 heteroatoms. The van der Waals surface area contributed by atoms with Crippen molar-refractivity contribution in [1.82, 2.24) is 24.3 Å². The number of hydrogen-bond acceptors (Lipinski definition) is 6. The Hall–Kier alpha value is -4.10. The third-order valence-electron chi connectivity index (χ3n) is 9.12. The maximum atomic E-state index is 12.4. The molecule has 7 rings (SSSR count). The number of ketones is 1. The van der Waals surface area contributed by atoms with E-state index in [2.05, 4.69) is 63.7 Å². The van der Waals surface area contributed by atoms with E-state index in [9.17, 15) is 4.79 Å². The fourth-order valence-corrected chi connectivity index (χ4v) is 6.74. The number of hydrogen-bond donors (Lipinski definition) is 1. The lowest BCUT2D eigenvalue weighted by Crippen LogP contribution is -2.48. The Morgan fingerprint density at radius 1 is 0.976 bits per heavy atom. The molecule has 7 nitrogen and oxygen atoms in total. The van der Waals surface area contributed by atoms with E-state index in [0.717, 1.165) is 96.4 Å². The lowest BCUT2D eigenvalue weighted by molar-refractivity contribution is -0.124. The predicted octanol–water partition coefficient (Wildman–Crippen LogP) is 6.52. The third-order valence-corrected chi connectivity index (χ3v) is 9.12. The average molecular weight is 545 g/mol. The molecule has 41 heavy (non-hydrogen) atoms.